The molecule has 0 radical (unpaired) electrons. The Morgan fingerprint density at radius 1 is 0.914 bits per heavy atom. The number of carbonyl (C=O) groups excluding carboxylic acids is 2. The molecule has 3 amide bonds. The van der Waals surface area contributed by atoms with E-state index in [1.807, 2.05) is 58.0 Å². The van der Waals surface area contributed by atoms with Gasteiger partial charge in [-0.15, -0.1) is 0 Å². The summed E-state index contributed by atoms with van der Waals surface area (Å²) in [5.74, 6) is 6.20. The second kappa shape index (κ2) is 14.2. The number of amides is 3. The van der Waals surface area contributed by atoms with Gasteiger partial charge in [-0.25, -0.2) is 9.59 Å². The van der Waals surface area contributed by atoms with E-state index < -0.39 is 23.9 Å². The summed E-state index contributed by atoms with van der Waals surface area (Å²) < 4.78 is 0. The molecular weight excluding hydrogens is 460 g/mol. The molecule has 0 spiro atoms. The van der Waals surface area contributed by atoms with Crippen molar-refractivity contribution < 1.29 is 19.5 Å². The summed E-state index contributed by atoms with van der Waals surface area (Å²) in [4.78, 5) is 39.2. The van der Waals surface area contributed by atoms with Crippen molar-refractivity contribution in [3.63, 3.8) is 0 Å². The molecule has 186 valence electrons. The van der Waals surface area contributed by atoms with Gasteiger partial charge in [0.2, 0.25) is 0 Å². The minimum Gasteiger partial charge on any atom is -0.480 e. The van der Waals surface area contributed by atoms with Gasteiger partial charge in [-0.2, -0.15) is 11.8 Å². The summed E-state index contributed by atoms with van der Waals surface area (Å²) in [5, 5.41) is 12.1. The largest absolute Gasteiger partial charge is 0.480 e. The lowest BCUT2D eigenvalue weighted by Gasteiger charge is -2.24. The first kappa shape index (κ1) is 28.0. The predicted molar refractivity (Wildman–Crippen MR) is 141 cm³/mol. The molecule has 0 saturated heterocycles. The van der Waals surface area contributed by atoms with Crippen molar-refractivity contribution in [3.8, 4) is 11.8 Å². The lowest BCUT2D eigenvalue weighted by Crippen LogP contribution is -2.51. The minimum absolute atomic E-state index is 0.188. The van der Waals surface area contributed by atoms with Crippen molar-refractivity contribution in [1.29, 1.82) is 0 Å². The summed E-state index contributed by atoms with van der Waals surface area (Å²) in [6.07, 6.45) is 0.604. The Morgan fingerprint density at radius 3 is 2.20 bits per heavy atom. The average Bonchev–Trinajstić information content (AvgIpc) is 2.82. The summed E-state index contributed by atoms with van der Waals surface area (Å²) in [6, 6.07) is 14.6. The molecule has 7 heteroatoms. The van der Waals surface area contributed by atoms with Crippen molar-refractivity contribution in [2.24, 2.45) is 11.8 Å². The fourth-order valence-corrected chi connectivity index (χ4v) is 4.13. The van der Waals surface area contributed by atoms with Crippen LogP contribution < -0.4 is 5.32 Å². The molecule has 0 bridgehead atoms. The smallest absolute Gasteiger partial charge is 0.327 e. The fourth-order valence-electron chi connectivity index (χ4n) is 3.06. The van der Waals surface area contributed by atoms with E-state index in [-0.39, 0.29) is 18.2 Å². The Balaban J connectivity index is 2.21. The lowest BCUT2D eigenvalue weighted by atomic mass is 10.1. The number of carbonyl (C=O) groups is 3. The van der Waals surface area contributed by atoms with Gasteiger partial charge in [0.05, 0.1) is 0 Å². The number of nitrogens with one attached hydrogen (secondary N) is 1. The Hall–Kier alpha value is -3.24. The molecule has 0 aliphatic heterocycles. The van der Waals surface area contributed by atoms with Crippen LogP contribution in [0.5, 0.6) is 0 Å². The Morgan fingerprint density at radius 2 is 1.57 bits per heavy atom. The zero-order valence-corrected chi connectivity index (χ0v) is 21.6. The van der Waals surface area contributed by atoms with E-state index >= 15 is 0 Å². The van der Waals surface area contributed by atoms with E-state index in [2.05, 4.69) is 17.2 Å². The van der Waals surface area contributed by atoms with E-state index in [0.717, 1.165) is 16.2 Å². The van der Waals surface area contributed by atoms with Gasteiger partial charge in [-0.1, -0.05) is 63.8 Å². The zero-order valence-electron chi connectivity index (χ0n) is 20.8. The van der Waals surface area contributed by atoms with Crippen LogP contribution >= 0.6 is 11.8 Å². The second-order valence-corrected chi connectivity index (χ2v) is 10.2. The first-order chi connectivity index (χ1) is 16.7. The highest BCUT2D eigenvalue weighted by Crippen LogP contribution is 2.13. The van der Waals surface area contributed by atoms with E-state index in [1.165, 1.54) is 11.8 Å². The molecule has 1 atom stereocenters. The Bertz CT molecular complexity index is 1060. The van der Waals surface area contributed by atoms with Crippen LogP contribution in [0.1, 0.15) is 55.6 Å². The van der Waals surface area contributed by atoms with Crippen molar-refractivity contribution in [2.45, 2.75) is 40.2 Å². The summed E-state index contributed by atoms with van der Waals surface area (Å²) in [6.45, 7) is 8.29. The number of benzene rings is 2. The summed E-state index contributed by atoms with van der Waals surface area (Å²) in [7, 11) is 0. The number of hydrogen-bond acceptors (Lipinski definition) is 4. The highest BCUT2D eigenvalue weighted by molar-refractivity contribution is 7.99. The van der Waals surface area contributed by atoms with Crippen molar-refractivity contribution in [2.75, 3.05) is 18.1 Å². The molecule has 0 aromatic heterocycles. The first-order valence-electron chi connectivity index (χ1n) is 11.8. The molecule has 0 fully saturated rings. The Kier molecular flexibility index (Phi) is 11.4. The number of urea groups is 1. The highest BCUT2D eigenvalue weighted by atomic mass is 32.2. The number of aliphatic carboxylic acids is 1. The van der Waals surface area contributed by atoms with Gasteiger partial charge in [0.15, 0.2) is 0 Å². The number of rotatable bonds is 10. The third-order valence-electron chi connectivity index (χ3n) is 4.99. The van der Waals surface area contributed by atoms with Gasteiger partial charge in [-0.3, -0.25) is 9.69 Å². The standard InChI is InChI=1S/C28H34N2O4S/c1-20(2)15-16-30(28(34)29-25(27(32)33)19-35-18-21(3)4)26(31)24-12-8-11-23(17-24)14-13-22-9-6-5-7-10-22/h5-12,17,20-21,25H,15-16,18-19H2,1-4H3,(H,29,34)(H,32,33)/t25-/m0/s1. The van der Waals surface area contributed by atoms with Crippen molar-refractivity contribution in [3.05, 3.63) is 71.3 Å². The van der Waals surface area contributed by atoms with Gasteiger partial charge in [0.25, 0.3) is 5.91 Å². The van der Waals surface area contributed by atoms with Crippen LogP contribution in [0.2, 0.25) is 0 Å². The maximum Gasteiger partial charge on any atom is 0.327 e. The van der Waals surface area contributed by atoms with Gasteiger partial charge >= 0.3 is 12.0 Å². The van der Waals surface area contributed by atoms with Crippen LogP contribution in [-0.2, 0) is 4.79 Å². The zero-order chi connectivity index (χ0) is 25.8. The molecule has 0 aliphatic rings. The topological polar surface area (TPSA) is 86.7 Å². The normalized spacial score (nSPS) is 11.5. The summed E-state index contributed by atoms with van der Waals surface area (Å²) in [5.41, 5.74) is 1.83. The molecule has 0 heterocycles. The van der Waals surface area contributed by atoms with Gasteiger partial charge in [0, 0.05) is 29.0 Å². The fraction of sp³-hybridized carbons (Fsp3) is 0.393. The van der Waals surface area contributed by atoms with Crippen molar-refractivity contribution in [1.82, 2.24) is 10.2 Å². The van der Waals surface area contributed by atoms with Crippen molar-refractivity contribution >= 4 is 29.7 Å². The van der Waals surface area contributed by atoms with Gasteiger partial charge in [0.1, 0.15) is 6.04 Å². The molecule has 2 aromatic carbocycles. The van der Waals surface area contributed by atoms with E-state index in [0.29, 0.717) is 23.5 Å². The highest BCUT2D eigenvalue weighted by Gasteiger charge is 2.28. The van der Waals surface area contributed by atoms with Crippen LogP contribution in [0.4, 0.5) is 4.79 Å². The summed E-state index contributed by atoms with van der Waals surface area (Å²) >= 11 is 1.47. The molecule has 0 unspecified atom stereocenters. The number of nitrogens with zero attached hydrogens (tertiary/aromatic N) is 1. The molecule has 35 heavy (non-hydrogen) atoms. The van der Waals surface area contributed by atoms with Gasteiger partial charge in [-0.05, 0) is 54.3 Å². The van der Waals surface area contributed by atoms with E-state index in [9.17, 15) is 19.5 Å². The van der Waals surface area contributed by atoms with E-state index in [4.69, 9.17) is 0 Å². The number of imide groups is 1. The third-order valence-corrected chi connectivity index (χ3v) is 6.46. The Labute approximate surface area is 212 Å². The minimum atomic E-state index is -1.12. The molecule has 2 aromatic rings. The average molecular weight is 495 g/mol. The third kappa shape index (κ3) is 9.87. The number of hydrogen-bond donors (Lipinski definition) is 2. The monoisotopic (exact) mass is 494 g/mol. The van der Waals surface area contributed by atoms with E-state index in [1.54, 1.807) is 24.3 Å². The SMILES string of the molecule is CC(C)CCN(C(=O)N[C@@H](CSCC(C)C)C(=O)O)C(=O)c1cccc(C#Cc2ccccc2)c1. The first-order valence-corrected chi connectivity index (χ1v) is 12.9. The quantitative estimate of drug-likeness (QED) is 0.448. The van der Waals surface area contributed by atoms with Gasteiger partial charge < -0.3 is 10.4 Å². The van der Waals surface area contributed by atoms with Crippen LogP contribution in [0, 0.1) is 23.7 Å². The predicted octanol–water partition coefficient (Wildman–Crippen LogP) is 5.13. The molecule has 0 saturated carbocycles. The number of carboxylic acid groups (broad SMARTS) is 1. The molecule has 0 aliphatic carbocycles. The van der Waals surface area contributed by atoms with Crippen LogP contribution in [0.25, 0.3) is 0 Å². The molecule has 2 N–H and O–H groups in total. The molecule has 6 nitrogen and oxygen atoms in total. The second-order valence-electron chi connectivity index (χ2n) is 9.11. The lowest BCUT2D eigenvalue weighted by molar-refractivity contribution is -0.138. The van der Waals surface area contributed by atoms with Crippen LogP contribution in [0.15, 0.2) is 54.6 Å². The van der Waals surface area contributed by atoms with Crippen LogP contribution in [-0.4, -0.2) is 52.0 Å². The molecule has 2 rings (SSSR count). The maximum atomic E-state index is 13.3. The molecular formula is C28H34N2O4S. The number of thioether (sulfide) groups is 1. The maximum absolute atomic E-state index is 13.3. The van der Waals surface area contributed by atoms with Crippen LogP contribution in [0.3, 0.4) is 0 Å². The number of carboxylic acids is 1.